The number of piperidine rings is 1. The second-order valence-electron chi connectivity index (χ2n) is 6.87. The number of benzene rings is 1. The van der Waals surface area contributed by atoms with E-state index < -0.39 is 5.60 Å². The average Bonchev–Trinajstić information content (AvgIpc) is 3.25. The van der Waals surface area contributed by atoms with Crippen LogP contribution in [0.3, 0.4) is 0 Å². The Morgan fingerprint density at radius 3 is 2.63 bits per heavy atom. The lowest BCUT2D eigenvalue weighted by Crippen LogP contribution is -2.45. The fourth-order valence-corrected chi connectivity index (χ4v) is 4.71. The van der Waals surface area contributed by atoms with Crippen LogP contribution in [0.1, 0.15) is 29.8 Å². The molecule has 2 aliphatic heterocycles. The average molecular weight is 404 g/mol. The molecule has 0 radical (unpaired) electrons. The molecule has 2 aliphatic rings. The van der Waals surface area contributed by atoms with Crippen LogP contribution in [0.4, 0.5) is 0 Å². The number of thiazole rings is 1. The minimum Gasteiger partial charge on any atom is -0.378 e. The van der Waals surface area contributed by atoms with Crippen molar-refractivity contribution in [2.45, 2.75) is 31.0 Å². The van der Waals surface area contributed by atoms with Crippen molar-refractivity contribution >= 4 is 29.2 Å². The summed E-state index contributed by atoms with van der Waals surface area (Å²) in [5.74, 6) is 0.0631. The molecule has 2 atom stereocenters. The van der Waals surface area contributed by atoms with Gasteiger partial charge in [0.2, 0.25) is 0 Å². The predicted octanol–water partition coefficient (Wildman–Crippen LogP) is 4.03. The zero-order valence-corrected chi connectivity index (χ0v) is 16.4. The van der Waals surface area contributed by atoms with E-state index in [1.165, 1.54) is 11.3 Å². The summed E-state index contributed by atoms with van der Waals surface area (Å²) in [6.45, 7) is 1.54. The quantitative estimate of drug-likeness (QED) is 0.818. The van der Waals surface area contributed by atoms with Gasteiger partial charge in [-0.3, -0.25) is 9.83 Å². The first-order chi connectivity index (χ1) is 13.2. The molecule has 27 heavy (non-hydrogen) atoms. The van der Waals surface area contributed by atoms with E-state index in [1.54, 1.807) is 12.4 Å². The van der Waals surface area contributed by atoms with Crippen molar-refractivity contribution in [2.75, 3.05) is 13.1 Å². The van der Waals surface area contributed by atoms with Crippen LogP contribution < -0.4 is 0 Å². The normalized spacial score (nSPS) is 23.4. The van der Waals surface area contributed by atoms with Gasteiger partial charge in [-0.2, -0.15) is 5.06 Å². The standard InChI is InChI=1S/C20H22ClN3O2S/c21-17-3-1-15(2-4-17)20(25,19-23-11-14-27-19)16-7-12-24(13-8-16)26-18-5-9-22-10-6-18/h1-5,9-11,14,16,18,25H,6-8,12-13H2. The lowest BCUT2D eigenvalue weighted by molar-refractivity contribution is -0.202. The van der Waals surface area contributed by atoms with Gasteiger partial charge in [-0.15, -0.1) is 11.3 Å². The Morgan fingerprint density at radius 2 is 2.00 bits per heavy atom. The van der Waals surface area contributed by atoms with E-state index >= 15 is 0 Å². The van der Waals surface area contributed by atoms with Crippen molar-refractivity contribution in [3.05, 3.63) is 63.7 Å². The van der Waals surface area contributed by atoms with E-state index in [0.29, 0.717) is 5.02 Å². The number of hydroxylamine groups is 2. The molecule has 2 aromatic rings. The van der Waals surface area contributed by atoms with Crippen molar-refractivity contribution in [1.82, 2.24) is 10.0 Å². The number of aliphatic imine (C=N–C) groups is 1. The minimum absolute atomic E-state index is 0.0492. The maximum absolute atomic E-state index is 11.8. The second-order valence-corrected chi connectivity index (χ2v) is 8.20. The molecular weight excluding hydrogens is 382 g/mol. The Bertz CT molecular complexity index is 801. The van der Waals surface area contributed by atoms with E-state index in [1.807, 2.05) is 47.0 Å². The number of nitrogens with zero attached hydrogens (tertiary/aromatic N) is 3. The SMILES string of the molecule is OC(c1ccc(Cl)cc1)(c1nccs1)C1CCN(OC2C=CN=CC2)CC1. The van der Waals surface area contributed by atoms with Crippen LogP contribution in [0.25, 0.3) is 0 Å². The molecule has 0 aliphatic carbocycles. The van der Waals surface area contributed by atoms with Crippen molar-refractivity contribution in [1.29, 1.82) is 0 Å². The fraction of sp³-hybridized carbons (Fsp3) is 0.400. The number of hydrogen-bond acceptors (Lipinski definition) is 6. The van der Waals surface area contributed by atoms with E-state index in [4.69, 9.17) is 16.4 Å². The molecule has 1 N–H and O–H groups in total. The Morgan fingerprint density at radius 1 is 1.22 bits per heavy atom. The molecular formula is C20H22ClN3O2S. The first-order valence-electron chi connectivity index (χ1n) is 9.14. The smallest absolute Gasteiger partial charge is 0.144 e. The highest BCUT2D eigenvalue weighted by Gasteiger charge is 2.44. The van der Waals surface area contributed by atoms with Gasteiger partial charge in [-0.05, 0) is 36.6 Å². The topological polar surface area (TPSA) is 58.0 Å². The highest BCUT2D eigenvalue weighted by Crippen LogP contribution is 2.43. The summed E-state index contributed by atoms with van der Waals surface area (Å²) in [5, 5.41) is 17.1. The molecule has 0 spiro atoms. The Labute approximate surface area is 167 Å². The fourth-order valence-electron chi connectivity index (χ4n) is 3.75. The van der Waals surface area contributed by atoms with E-state index in [0.717, 1.165) is 42.9 Å². The lowest BCUT2D eigenvalue weighted by Gasteiger charge is -2.41. The molecule has 142 valence electrons. The largest absolute Gasteiger partial charge is 0.378 e. The van der Waals surface area contributed by atoms with Gasteiger partial charge in [0, 0.05) is 54.4 Å². The van der Waals surface area contributed by atoms with Crippen molar-refractivity contribution in [3.63, 3.8) is 0 Å². The highest BCUT2D eigenvalue weighted by molar-refractivity contribution is 7.09. The molecule has 0 bridgehead atoms. The minimum atomic E-state index is -1.11. The van der Waals surface area contributed by atoms with Crippen molar-refractivity contribution < 1.29 is 9.94 Å². The molecule has 0 amide bonds. The number of halogens is 1. The third-order valence-corrected chi connectivity index (χ3v) is 6.35. The zero-order valence-electron chi connectivity index (χ0n) is 14.9. The summed E-state index contributed by atoms with van der Waals surface area (Å²) < 4.78 is 0. The van der Waals surface area contributed by atoms with Crippen molar-refractivity contribution in [2.24, 2.45) is 10.9 Å². The maximum Gasteiger partial charge on any atom is 0.144 e. The summed E-state index contributed by atoms with van der Waals surface area (Å²) >= 11 is 7.54. The molecule has 2 unspecified atom stereocenters. The van der Waals surface area contributed by atoms with Crippen molar-refractivity contribution in [3.8, 4) is 0 Å². The predicted molar refractivity (Wildman–Crippen MR) is 108 cm³/mol. The lowest BCUT2D eigenvalue weighted by atomic mass is 9.76. The molecule has 1 aromatic heterocycles. The van der Waals surface area contributed by atoms with E-state index in [9.17, 15) is 5.11 Å². The summed E-state index contributed by atoms with van der Waals surface area (Å²) in [5.41, 5.74) is -0.268. The van der Waals surface area contributed by atoms with Gasteiger partial charge in [0.15, 0.2) is 0 Å². The van der Waals surface area contributed by atoms with Gasteiger partial charge in [0.05, 0.1) is 0 Å². The van der Waals surface area contributed by atoms with Crippen LogP contribution in [0, 0.1) is 5.92 Å². The monoisotopic (exact) mass is 403 g/mol. The Balaban J connectivity index is 1.50. The van der Waals surface area contributed by atoms with Gasteiger partial charge in [-0.1, -0.05) is 23.7 Å². The molecule has 0 saturated carbocycles. The van der Waals surface area contributed by atoms with Gasteiger partial charge in [0.25, 0.3) is 0 Å². The van der Waals surface area contributed by atoms with Crippen LogP contribution in [0.2, 0.25) is 5.02 Å². The van der Waals surface area contributed by atoms with Crippen LogP contribution >= 0.6 is 22.9 Å². The summed E-state index contributed by atoms with van der Waals surface area (Å²) in [4.78, 5) is 14.6. The Hall–Kier alpha value is -1.57. The number of hydrogen-bond donors (Lipinski definition) is 1. The number of aromatic nitrogens is 1. The van der Waals surface area contributed by atoms with Gasteiger partial charge in [-0.25, -0.2) is 4.98 Å². The summed E-state index contributed by atoms with van der Waals surface area (Å²) in [6, 6.07) is 7.45. The third kappa shape index (κ3) is 4.00. The maximum atomic E-state index is 11.8. The van der Waals surface area contributed by atoms with Crippen LogP contribution in [0.15, 0.2) is 53.1 Å². The second kappa shape index (κ2) is 8.20. The molecule has 1 fully saturated rings. The molecule has 7 heteroatoms. The number of rotatable bonds is 5. The third-order valence-electron chi connectivity index (χ3n) is 5.20. The van der Waals surface area contributed by atoms with E-state index in [2.05, 4.69) is 9.98 Å². The number of aliphatic hydroxyl groups is 1. The van der Waals surface area contributed by atoms with Gasteiger partial charge in [0.1, 0.15) is 16.7 Å². The van der Waals surface area contributed by atoms with Gasteiger partial charge >= 0.3 is 0 Å². The zero-order chi connectivity index (χ0) is 18.7. The van der Waals surface area contributed by atoms with Crippen LogP contribution in [-0.2, 0) is 10.4 Å². The van der Waals surface area contributed by atoms with Gasteiger partial charge < -0.3 is 5.11 Å². The first kappa shape index (κ1) is 18.8. The highest BCUT2D eigenvalue weighted by atomic mass is 35.5. The molecule has 3 heterocycles. The first-order valence-corrected chi connectivity index (χ1v) is 10.4. The molecule has 1 aromatic carbocycles. The summed E-state index contributed by atoms with van der Waals surface area (Å²) in [7, 11) is 0. The van der Waals surface area contributed by atoms with Crippen LogP contribution in [0.5, 0.6) is 0 Å². The molecule has 5 nitrogen and oxygen atoms in total. The molecule has 1 saturated heterocycles. The summed E-state index contributed by atoms with van der Waals surface area (Å²) in [6.07, 6.45) is 9.87. The van der Waals surface area contributed by atoms with Crippen LogP contribution in [-0.4, -0.2) is 40.6 Å². The molecule has 4 rings (SSSR count). The van der Waals surface area contributed by atoms with E-state index in [-0.39, 0.29) is 12.0 Å². The Kier molecular flexibility index (Phi) is 5.71.